The monoisotopic (exact) mass is 302 g/mol. The first kappa shape index (κ1) is 13.2. The zero-order chi connectivity index (χ0) is 14.1. The highest BCUT2D eigenvalue weighted by atomic mass is 35.5. The number of hydrogen-bond donors (Lipinski definition) is 0. The summed E-state index contributed by atoms with van der Waals surface area (Å²) in [6.07, 6.45) is 0. The number of thiophene rings is 1. The van der Waals surface area contributed by atoms with Gasteiger partial charge in [-0.05, 0) is 24.3 Å². The largest absolute Gasteiger partial charge is 0.497 e. The van der Waals surface area contributed by atoms with Crippen molar-refractivity contribution in [3.8, 4) is 5.75 Å². The minimum Gasteiger partial charge on any atom is -0.497 e. The van der Waals surface area contributed by atoms with Crippen molar-refractivity contribution in [2.24, 2.45) is 0 Å². The van der Waals surface area contributed by atoms with Crippen molar-refractivity contribution in [1.82, 2.24) is 0 Å². The molecule has 2 aromatic carbocycles. The van der Waals surface area contributed by atoms with Crippen molar-refractivity contribution in [2.75, 3.05) is 7.11 Å². The molecule has 0 bridgehead atoms. The highest BCUT2D eigenvalue weighted by molar-refractivity contribution is 7.17. The molecule has 2 nitrogen and oxygen atoms in total. The fourth-order valence-corrected chi connectivity index (χ4v) is 3.30. The van der Waals surface area contributed by atoms with Gasteiger partial charge in [0.05, 0.1) is 12.1 Å². The molecule has 0 saturated heterocycles. The Morgan fingerprint density at radius 3 is 2.70 bits per heavy atom. The second kappa shape index (κ2) is 5.27. The van der Waals surface area contributed by atoms with Gasteiger partial charge in [-0.3, -0.25) is 4.79 Å². The summed E-state index contributed by atoms with van der Waals surface area (Å²) in [6, 6.07) is 13.0. The summed E-state index contributed by atoms with van der Waals surface area (Å²) in [4.78, 5) is 12.6. The number of ether oxygens (including phenoxy) is 1. The van der Waals surface area contributed by atoms with Gasteiger partial charge in [-0.15, -0.1) is 11.3 Å². The van der Waals surface area contributed by atoms with Crippen LogP contribution < -0.4 is 4.74 Å². The van der Waals surface area contributed by atoms with E-state index in [0.29, 0.717) is 21.9 Å². The first-order chi connectivity index (χ1) is 9.70. The Balaban J connectivity index is 2.09. The maximum atomic E-state index is 12.6. The van der Waals surface area contributed by atoms with E-state index in [4.69, 9.17) is 16.3 Å². The maximum absolute atomic E-state index is 12.6. The molecule has 0 amide bonds. The van der Waals surface area contributed by atoms with E-state index in [1.807, 2.05) is 29.6 Å². The van der Waals surface area contributed by atoms with E-state index in [-0.39, 0.29) is 5.78 Å². The van der Waals surface area contributed by atoms with Crippen molar-refractivity contribution >= 4 is 38.8 Å². The summed E-state index contributed by atoms with van der Waals surface area (Å²) in [5.74, 6) is 0.580. The summed E-state index contributed by atoms with van der Waals surface area (Å²) in [6.45, 7) is 0. The number of methoxy groups -OCH3 is 1. The minimum absolute atomic E-state index is 0.0601. The lowest BCUT2D eigenvalue weighted by Gasteiger charge is -2.05. The van der Waals surface area contributed by atoms with Crippen LogP contribution in [0.2, 0.25) is 5.02 Å². The predicted molar refractivity (Wildman–Crippen MR) is 83.3 cm³/mol. The van der Waals surface area contributed by atoms with Crippen LogP contribution in [0, 0.1) is 0 Å². The van der Waals surface area contributed by atoms with Gasteiger partial charge in [0.1, 0.15) is 5.75 Å². The fraction of sp³-hybridized carbons (Fsp3) is 0.0625. The van der Waals surface area contributed by atoms with Crippen LogP contribution >= 0.6 is 22.9 Å². The van der Waals surface area contributed by atoms with Gasteiger partial charge in [-0.25, -0.2) is 0 Å². The fourth-order valence-electron chi connectivity index (χ4n) is 2.11. The molecule has 100 valence electrons. The van der Waals surface area contributed by atoms with Crippen LogP contribution in [0.4, 0.5) is 0 Å². The third-order valence-corrected chi connectivity index (χ3v) is 4.42. The molecular formula is C16H11ClO2S. The van der Waals surface area contributed by atoms with Crippen LogP contribution in [0.1, 0.15) is 15.9 Å². The van der Waals surface area contributed by atoms with Gasteiger partial charge >= 0.3 is 0 Å². The summed E-state index contributed by atoms with van der Waals surface area (Å²) < 4.78 is 6.19. The first-order valence-electron chi connectivity index (χ1n) is 6.05. The number of halogens is 1. The molecular weight excluding hydrogens is 292 g/mol. The molecule has 0 radical (unpaired) electrons. The standard InChI is InChI=1S/C16H11ClO2S/c1-19-10-6-7-12(14(17)8-10)16(18)13-9-20-15-5-3-2-4-11(13)15/h2-9H,1H3. The number of carbonyl (C=O) groups is 1. The Morgan fingerprint density at radius 1 is 1.15 bits per heavy atom. The number of benzene rings is 2. The van der Waals surface area contributed by atoms with Gasteiger partial charge in [0.15, 0.2) is 5.78 Å². The Kier molecular flexibility index (Phi) is 3.47. The molecule has 1 heterocycles. The zero-order valence-corrected chi connectivity index (χ0v) is 12.3. The lowest BCUT2D eigenvalue weighted by molar-refractivity contribution is 0.104. The molecule has 20 heavy (non-hydrogen) atoms. The zero-order valence-electron chi connectivity index (χ0n) is 10.7. The Bertz CT molecular complexity index is 792. The molecule has 1 aromatic heterocycles. The van der Waals surface area contributed by atoms with Gasteiger partial charge in [-0.2, -0.15) is 0 Å². The summed E-state index contributed by atoms with van der Waals surface area (Å²) >= 11 is 7.74. The van der Waals surface area contributed by atoms with Crippen molar-refractivity contribution in [3.63, 3.8) is 0 Å². The topological polar surface area (TPSA) is 26.3 Å². The van der Waals surface area contributed by atoms with Gasteiger partial charge in [-0.1, -0.05) is 29.8 Å². The Hall–Kier alpha value is -1.84. The van der Waals surface area contributed by atoms with Crippen LogP contribution in [-0.4, -0.2) is 12.9 Å². The molecule has 0 N–H and O–H groups in total. The van der Waals surface area contributed by atoms with Crippen molar-refractivity contribution < 1.29 is 9.53 Å². The Morgan fingerprint density at radius 2 is 1.95 bits per heavy atom. The van der Waals surface area contributed by atoms with Gasteiger partial charge in [0, 0.05) is 26.6 Å². The molecule has 0 atom stereocenters. The smallest absolute Gasteiger partial charge is 0.195 e. The van der Waals surface area contributed by atoms with Gasteiger partial charge < -0.3 is 4.74 Å². The van der Waals surface area contributed by atoms with Crippen LogP contribution in [0.3, 0.4) is 0 Å². The molecule has 3 aromatic rings. The van der Waals surface area contributed by atoms with Crippen LogP contribution in [0.25, 0.3) is 10.1 Å². The van der Waals surface area contributed by atoms with E-state index in [0.717, 1.165) is 10.1 Å². The highest BCUT2D eigenvalue weighted by Crippen LogP contribution is 2.30. The average molecular weight is 303 g/mol. The normalized spacial score (nSPS) is 10.7. The molecule has 3 rings (SSSR count). The molecule has 0 unspecified atom stereocenters. The van der Waals surface area contributed by atoms with Crippen molar-refractivity contribution in [3.05, 3.63) is 64.0 Å². The van der Waals surface area contributed by atoms with E-state index in [2.05, 4.69) is 0 Å². The number of hydrogen-bond acceptors (Lipinski definition) is 3. The number of fused-ring (bicyclic) bond motifs is 1. The number of ketones is 1. The molecule has 0 aliphatic heterocycles. The highest BCUT2D eigenvalue weighted by Gasteiger charge is 2.17. The van der Waals surface area contributed by atoms with Crippen LogP contribution in [-0.2, 0) is 0 Å². The third-order valence-electron chi connectivity index (χ3n) is 3.15. The number of rotatable bonds is 3. The molecule has 0 fully saturated rings. The third kappa shape index (κ3) is 2.19. The SMILES string of the molecule is COc1ccc(C(=O)c2csc3ccccc23)c(Cl)c1. The maximum Gasteiger partial charge on any atom is 0.195 e. The van der Waals surface area contributed by atoms with E-state index in [1.165, 1.54) is 0 Å². The quantitative estimate of drug-likeness (QED) is 0.650. The van der Waals surface area contributed by atoms with Crippen molar-refractivity contribution in [1.29, 1.82) is 0 Å². The van der Waals surface area contributed by atoms with Crippen LogP contribution in [0.15, 0.2) is 47.8 Å². The second-order valence-corrected chi connectivity index (χ2v) is 5.64. The molecule has 0 aliphatic rings. The predicted octanol–water partition coefficient (Wildman–Crippen LogP) is 4.79. The first-order valence-corrected chi connectivity index (χ1v) is 7.31. The molecule has 4 heteroatoms. The minimum atomic E-state index is -0.0601. The lowest BCUT2D eigenvalue weighted by atomic mass is 10.0. The second-order valence-electron chi connectivity index (χ2n) is 4.32. The van der Waals surface area contributed by atoms with E-state index >= 15 is 0 Å². The van der Waals surface area contributed by atoms with E-state index < -0.39 is 0 Å². The number of carbonyl (C=O) groups excluding carboxylic acids is 1. The molecule has 0 spiro atoms. The Labute approximate surface area is 125 Å². The van der Waals surface area contributed by atoms with Crippen LogP contribution in [0.5, 0.6) is 5.75 Å². The summed E-state index contributed by atoms with van der Waals surface area (Å²) in [7, 11) is 1.57. The van der Waals surface area contributed by atoms with Gasteiger partial charge in [0.2, 0.25) is 0 Å². The average Bonchev–Trinajstić information content (AvgIpc) is 2.90. The van der Waals surface area contributed by atoms with Gasteiger partial charge in [0.25, 0.3) is 0 Å². The summed E-state index contributed by atoms with van der Waals surface area (Å²) in [5.41, 5.74) is 1.19. The van der Waals surface area contributed by atoms with Crippen molar-refractivity contribution in [2.45, 2.75) is 0 Å². The van der Waals surface area contributed by atoms with E-state index in [9.17, 15) is 4.79 Å². The lowest BCUT2D eigenvalue weighted by Crippen LogP contribution is -2.01. The molecule has 0 saturated carbocycles. The summed E-state index contributed by atoms with van der Waals surface area (Å²) in [5, 5.41) is 3.26. The van der Waals surface area contributed by atoms with E-state index in [1.54, 1.807) is 36.6 Å². The molecule has 0 aliphatic carbocycles.